The van der Waals surface area contributed by atoms with Gasteiger partial charge in [0.15, 0.2) is 0 Å². The normalized spacial score (nSPS) is 18.2. The van der Waals surface area contributed by atoms with E-state index in [1.165, 1.54) is 0 Å². The zero-order chi connectivity index (χ0) is 12.3. The third kappa shape index (κ3) is 2.78. The van der Waals surface area contributed by atoms with Gasteiger partial charge in [0.05, 0.1) is 12.7 Å². The molecule has 1 saturated carbocycles. The highest BCUT2D eigenvalue weighted by Gasteiger charge is 2.43. The molecule has 0 bridgehead atoms. The molecule has 0 aromatic heterocycles. The number of rotatable bonds is 5. The maximum absolute atomic E-state index is 8.76. The Morgan fingerprint density at radius 2 is 2.18 bits per heavy atom. The fraction of sp³-hybridized carbons (Fsp3) is 0.500. The molecule has 3 nitrogen and oxygen atoms in total. The molecule has 3 heteroatoms. The van der Waals surface area contributed by atoms with Crippen molar-refractivity contribution < 1.29 is 4.74 Å². The van der Waals surface area contributed by atoms with E-state index >= 15 is 0 Å². The molecule has 2 N–H and O–H groups in total. The van der Waals surface area contributed by atoms with Crippen LogP contribution in [0.3, 0.4) is 0 Å². The van der Waals surface area contributed by atoms with Gasteiger partial charge in [0.2, 0.25) is 0 Å². The van der Waals surface area contributed by atoms with Gasteiger partial charge in [-0.05, 0) is 25.8 Å². The molecule has 1 aliphatic carbocycles. The van der Waals surface area contributed by atoms with Gasteiger partial charge in [-0.25, -0.2) is 0 Å². The van der Waals surface area contributed by atoms with E-state index in [9.17, 15) is 0 Å². The Bertz CT molecular complexity index is 430. The average Bonchev–Trinajstić information content (AvgIpc) is 3.08. The Balaban J connectivity index is 2.02. The Morgan fingerprint density at radius 1 is 1.47 bits per heavy atom. The predicted octanol–water partition coefficient (Wildman–Crippen LogP) is 2.78. The van der Waals surface area contributed by atoms with Crippen molar-refractivity contribution in [1.82, 2.24) is 0 Å². The molecule has 1 aromatic rings. The van der Waals surface area contributed by atoms with E-state index < -0.39 is 0 Å². The van der Waals surface area contributed by atoms with E-state index in [-0.39, 0.29) is 11.5 Å². The molecule has 0 radical (unpaired) electrons. The summed E-state index contributed by atoms with van der Waals surface area (Å²) in [5.74, 6) is 0.853. The summed E-state index contributed by atoms with van der Waals surface area (Å²) in [5.41, 5.74) is 7.03. The first kappa shape index (κ1) is 11.9. The second-order valence-electron chi connectivity index (χ2n) is 4.95. The minimum absolute atomic E-state index is 0.0303. The SMILES string of the molecule is C[C@@H](N)c1ccccc1OCC1(CC#N)CC1. The zero-order valence-corrected chi connectivity index (χ0v) is 10.1. The van der Waals surface area contributed by atoms with E-state index in [0.717, 1.165) is 24.2 Å². The largest absolute Gasteiger partial charge is 0.493 e. The van der Waals surface area contributed by atoms with Crippen LogP contribution in [0, 0.1) is 16.7 Å². The van der Waals surface area contributed by atoms with Crippen molar-refractivity contribution >= 4 is 0 Å². The molecule has 1 atom stereocenters. The van der Waals surface area contributed by atoms with Gasteiger partial charge < -0.3 is 10.5 Å². The van der Waals surface area contributed by atoms with Crippen LogP contribution in [0.1, 0.15) is 37.8 Å². The minimum atomic E-state index is -0.0303. The van der Waals surface area contributed by atoms with Crippen LogP contribution < -0.4 is 10.5 Å². The molecule has 0 saturated heterocycles. The molecule has 1 aliphatic rings. The van der Waals surface area contributed by atoms with Crippen LogP contribution in [0.25, 0.3) is 0 Å². The van der Waals surface area contributed by atoms with Crippen molar-refractivity contribution in [1.29, 1.82) is 5.26 Å². The van der Waals surface area contributed by atoms with Crippen LogP contribution in [-0.4, -0.2) is 6.61 Å². The Morgan fingerprint density at radius 3 is 2.76 bits per heavy atom. The predicted molar refractivity (Wildman–Crippen MR) is 66.4 cm³/mol. The number of benzene rings is 1. The number of hydrogen-bond donors (Lipinski definition) is 1. The van der Waals surface area contributed by atoms with Crippen LogP contribution in [0.5, 0.6) is 5.75 Å². The quantitative estimate of drug-likeness (QED) is 0.846. The summed E-state index contributed by atoms with van der Waals surface area (Å²) in [6, 6.07) is 10.1. The van der Waals surface area contributed by atoms with Gasteiger partial charge in [-0.2, -0.15) is 5.26 Å². The first-order chi connectivity index (χ1) is 8.17. The molecule has 0 heterocycles. The molecule has 1 fully saturated rings. The van der Waals surface area contributed by atoms with Crippen molar-refractivity contribution in [2.45, 2.75) is 32.2 Å². The van der Waals surface area contributed by atoms with Gasteiger partial charge >= 0.3 is 0 Å². The van der Waals surface area contributed by atoms with E-state index in [4.69, 9.17) is 15.7 Å². The second kappa shape index (κ2) is 4.77. The van der Waals surface area contributed by atoms with Gasteiger partial charge in [0.1, 0.15) is 5.75 Å². The van der Waals surface area contributed by atoms with E-state index in [1.54, 1.807) is 0 Å². The summed E-state index contributed by atoms with van der Waals surface area (Å²) in [5, 5.41) is 8.76. The highest BCUT2D eigenvalue weighted by molar-refractivity contribution is 5.35. The lowest BCUT2D eigenvalue weighted by atomic mass is 10.0. The molecule has 2 rings (SSSR count). The van der Waals surface area contributed by atoms with Crippen LogP contribution in [0.2, 0.25) is 0 Å². The first-order valence-corrected chi connectivity index (χ1v) is 6.01. The van der Waals surface area contributed by atoms with Crippen molar-refractivity contribution in [2.24, 2.45) is 11.1 Å². The average molecular weight is 230 g/mol. The highest BCUT2D eigenvalue weighted by Crippen LogP contribution is 2.48. The summed E-state index contributed by atoms with van der Waals surface area (Å²) in [4.78, 5) is 0. The van der Waals surface area contributed by atoms with Crippen molar-refractivity contribution in [3.8, 4) is 11.8 Å². The number of nitrogens with zero attached hydrogens (tertiary/aromatic N) is 1. The minimum Gasteiger partial charge on any atom is -0.493 e. The Kier molecular flexibility index (Phi) is 3.35. The standard InChI is InChI=1S/C14H18N2O/c1-11(16)12-4-2-3-5-13(12)17-10-14(6-7-14)8-9-15/h2-5,11H,6-8,10,16H2,1H3/t11-/m1/s1. The van der Waals surface area contributed by atoms with E-state index in [2.05, 4.69) is 6.07 Å². The van der Waals surface area contributed by atoms with Gasteiger partial charge in [-0.15, -0.1) is 0 Å². The number of hydrogen-bond acceptors (Lipinski definition) is 3. The van der Waals surface area contributed by atoms with Crippen molar-refractivity contribution in [3.63, 3.8) is 0 Å². The summed E-state index contributed by atoms with van der Waals surface area (Å²) in [7, 11) is 0. The number of nitrogens with two attached hydrogens (primary N) is 1. The summed E-state index contributed by atoms with van der Waals surface area (Å²) in [6.07, 6.45) is 2.79. The number of para-hydroxylation sites is 1. The molecule has 0 spiro atoms. The lowest BCUT2D eigenvalue weighted by Gasteiger charge is -2.17. The first-order valence-electron chi connectivity index (χ1n) is 6.01. The maximum atomic E-state index is 8.76. The van der Waals surface area contributed by atoms with Crippen molar-refractivity contribution in [3.05, 3.63) is 29.8 Å². The topological polar surface area (TPSA) is 59.0 Å². The van der Waals surface area contributed by atoms with Gasteiger partial charge in [0, 0.05) is 23.4 Å². The Labute approximate surface area is 102 Å². The molecule has 1 aromatic carbocycles. The molecular weight excluding hydrogens is 212 g/mol. The smallest absolute Gasteiger partial charge is 0.124 e. The molecule has 90 valence electrons. The molecular formula is C14H18N2O. The van der Waals surface area contributed by atoms with Gasteiger partial charge in [-0.3, -0.25) is 0 Å². The lowest BCUT2D eigenvalue weighted by Crippen LogP contribution is -2.15. The third-order valence-corrected chi connectivity index (χ3v) is 3.35. The summed E-state index contributed by atoms with van der Waals surface area (Å²) >= 11 is 0. The number of nitriles is 1. The fourth-order valence-corrected chi connectivity index (χ4v) is 1.94. The molecule has 0 unspecified atom stereocenters. The van der Waals surface area contributed by atoms with Crippen LogP contribution in [0.15, 0.2) is 24.3 Å². The Hall–Kier alpha value is -1.53. The highest BCUT2D eigenvalue weighted by atomic mass is 16.5. The maximum Gasteiger partial charge on any atom is 0.124 e. The zero-order valence-electron chi connectivity index (χ0n) is 10.1. The second-order valence-corrected chi connectivity index (χ2v) is 4.95. The molecule has 17 heavy (non-hydrogen) atoms. The third-order valence-electron chi connectivity index (χ3n) is 3.35. The summed E-state index contributed by atoms with van der Waals surface area (Å²) < 4.78 is 5.85. The van der Waals surface area contributed by atoms with E-state index in [1.807, 2.05) is 31.2 Å². The van der Waals surface area contributed by atoms with E-state index in [0.29, 0.717) is 13.0 Å². The van der Waals surface area contributed by atoms with Crippen LogP contribution in [0.4, 0.5) is 0 Å². The van der Waals surface area contributed by atoms with Gasteiger partial charge in [-0.1, -0.05) is 18.2 Å². The monoisotopic (exact) mass is 230 g/mol. The molecule has 0 amide bonds. The number of ether oxygens (including phenoxy) is 1. The fourth-order valence-electron chi connectivity index (χ4n) is 1.94. The molecule has 0 aliphatic heterocycles. The van der Waals surface area contributed by atoms with Gasteiger partial charge in [0.25, 0.3) is 0 Å². The lowest BCUT2D eigenvalue weighted by molar-refractivity contribution is 0.234. The van der Waals surface area contributed by atoms with Crippen molar-refractivity contribution in [2.75, 3.05) is 6.61 Å². The van der Waals surface area contributed by atoms with Crippen LogP contribution >= 0.6 is 0 Å². The summed E-state index contributed by atoms with van der Waals surface area (Å²) in [6.45, 7) is 2.58. The van der Waals surface area contributed by atoms with Crippen LogP contribution in [-0.2, 0) is 0 Å².